The number of rotatable bonds is 5. The summed E-state index contributed by atoms with van der Waals surface area (Å²) >= 11 is 11.9. The Morgan fingerprint density at radius 1 is 1.04 bits per heavy atom. The minimum atomic E-state index is -0.302. The van der Waals surface area contributed by atoms with Crippen LogP contribution >= 0.6 is 23.2 Å². The van der Waals surface area contributed by atoms with E-state index in [2.05, 4.69) is 20.6 Å². The van der Waals surface area contributed by atoms with Crippen molar-refractivity contribution >= 4 is 40.6 Å². The lowest BCUT2D eigenvalue weighted by molar-refractivity contribution is 0.102. The monoisotopic (exact) mass is 372 g/mol. The maximum Gasteiger partial charge on any atom is 0.259 e. The lowest BCUT2D eigenvalue weighted by Crippen LogP contribution is -2.16. The van der Waals surface area contributed by atoms with E-state index < -0.39 is 0 Å². The third-order valence-electron chi connectivity index (χ3n) is 3.40. The maximum atomic E-state index is 12.6. The summed E-state index contributed by atoms with van der Waals surface area (Å²) in [5.41, 5.74) is 2.00. The van der Waals surface area contributed by atoms with Crippen molar-refractivity contribution in [1.29, 1.82) is 0 Å². The minimum absolute atomic E-state index is 0.302. The number of carbonyl (C=O) groups is 1. The van der Waals surface area contributed by atoms with E-state index in [0.717, 1.165) is 5.56 Å². The van der Waals surface area contributed by atoms with E-state index in [0.29, 0.717) is 33.8 Å². The number of aromatic nitrogens is 2. The second-order valence-corrected chi connectivity index (χ2v) is 6.03. The van der Waals surface area contributed by atoms with Gasteiger partial charge in [-0.15, -0.1) is 0 Å². The minimum Gasteiger partial charge on any atom is -0.365 e. The van der Waals surface area contributed by atoms with Gasteiger partial charge in [-0.05, 0) is 48.0 Å². The van der Waals surface area contributed by atoms with Gasteiger partial charge in [0.15, 0.2) is 0 Å². The molecule has 5 nitrogen and oxygen atoms in total. The van der Waals surface area contributed by atoms with Gasteiger partial charge in [-0.25, -0.2) is 4.98 Å². The van der Waals surface area contributed by atoms with Crippen LogP contribution in [0.1, 0.15) is 15.9 Å². The number of pyridine rings is 2. The fourth-order valence-electron chi connectivity index (χ4n) is 2.20. The molecule has 0 radical (unpaired) electrons. The summed E-state index contributed by atoms with van der Waals surface area (Å²) in [5.74, 6) is 0.104. The number of anilines is 2. The first kappa shape index (κ1) is 17.2. The molecule has 7 heteroatoms. The standard InChI is InChI=1S/C18H14Cl2N4O/c19-13-2-1-3-14(10-13)23-18(25)15-4-5-16(20)24-17(15)22-11-12-6-8-21-9-7-12/h1-10H,11H2,(H,22,24)(H,23,25). The summed E-state index contributed by atoms with van der Waals surface area (Å²) in [7, 11) is 0. The first-order chi connectivity index (χ1) is 12.1. The van der Waals surface area contributed by atoms with Crippen LogP contribution in [0.15, 0.2) is 60.9 Å². The lowest BCUT2D eigenvalue weighted by Gasteiger charge is -2.12. The van der Waals surface area contributed by atoms with Gasteiger partial charge in [0.1, 0.15) is 11.0 Å². The third kappa shape index (κ3) is 4.68. The number of nitrogens with one attached hydrogen (secondary N) is 2. The second kappa shape index (κ2) is 7.96. The molecule has 25 heavy (non-hydrogen) atoms. The Hall–Kier alpha value is -2.63. The Morgan fingerprint density at radius 3 is 2.60 bits per heavy atom. The highest BCUT2D eigenvalue weighted by atomic mass is 35.5. The number of carbonyl (C=O) groups excluding carboxylic acids is 1. The number of benzene rings is 1. The molecule has 0 saturated heterocycles. The Labute approximate surface area is 155 Å². The number of hydrogen-bond acceptors (Lipinski definition) is 4. The smallest absolute Gasteiger partial charge is 0.259 e. The molecule has 2 heterocycles. The van der Waals surface area contributed by atoms with Crippen LogP contribution in [0.2, 0.25) is 10.2 Å². The Bertz CT molecular complexity index is 887. The Morgan fingerprint density at radius 2 is 1.84 bits per heavy atom. The molecule has 2 N–H and O–H groups in total. The highest BCUT2D eigenvalue weighted by molar-refractivity contribution is 6.31. The van der Waals surface area contributed by atoms with Gasteiger partial charge < -0.3 is 10.6 Å². The molecule has 0 aliphatic heterocycles. The number of halogens is 2. The molecular weight excluding hydrogens is 359 g/mol. The van der Waals surface area contributed by atoms with Gasteiger partial charge in [-0.2, -0.15) is 0 Å². The second-order valence-electron chi connectivity index (χ2n) is 5.20. The van der Waals surface area contributed by atoms with E-state index in [1.165, 1.54) is 0 Å². The van der Waals surface area contributed by atoms with E-state index in [-0.39, 0.29) is 5.91 Å². The van der Waals surface area contributed by atoms with Crippen molar-refractivity contribution in [2.45, 2.75) is 6.54 Å². The fourth-order valence-corrected chi connectivity index (χ4v) is 2.54. The zero-order valence-electron chi connectivity index (χ0n) is 13.0. The van der Waals surface area contributed by atoms with Crippen molar-refractivity contribution in [2.24, 2.45) is 0 Å². The van der Waals surface area contributed by atoms with Crippen LogP contribution in [0.4, 0.5) is 11.5 Å². The fraction of sp³-hybridized carbons (Fsp3) is 0.0556. The molecule has 3 aromatic rings. The first-order valence-corrected chi connectivity index (χ1v) is 8.23. The Kier molecular flexibility index (Phi) is 5.48. The SMILES string of the molecule is O=C(Nc1cccc(Cl)c1)c1ccc(Cl)nc1NCc1ccncc1. The number of amides is 1. The molecule has 3 rings (SSSR count). The van der Waals surface area contributed by atoms with Crippen LogP contribution in [0.3, 0.4) is 0 Å². The van der Waals surface area contributed by atoms with Crippen LogP contribution in [0.5, 0.6) is 0 Å². The summed E-state index contributed by atoms with van der Waals surface area (Å²) in [6.45, 7) is 0.493. The molecule has 1 aromatic carbocycles. The van der Waals surface area contributed by atoms with E-state index >= 15 is 0 Å². The van der Waals surface area contributed by atoms with Crippen LogP contribution in [0.25, 0.3) is 0 Å². The zero-order chi connectivity index (χ0) is 17.6. The molecule has 126 valence electrons. The summed E-state index contributed by atoms with van der Waals surface area (Å²) in [6, 6.07) is 13.9. The highest BCUT2D eigenvalue weighted by Gasteiger charge is 2.14. The molecule has 0 spiro atoms. The molecule has 0 bridgehead atoms. The van der Waals surface area contributed by atoms with Gasteiger partial charge >= 0.3 is 0 Å². The van der Waals surface area contributed by atoms with Crippen molar-refractivity contribution in [3.8, 4) is 0 Å². The van der Waals surface area contributed by atoms with Crippen molar-refractivity contribution in [2.75, 3.05) is 10.6 Å². The summed E-state index contributed by atoms with van der Waals surface area (Å²) in [5, 5.41) is 6.79. The molecule has 0 aliphatic rings. The lowest BCUT2D eigenvalue weighted by atomic mass is 10.2. The van der Waals surface area contributed by atoms with E-state index in [1.54, 1.807) is 48.8 Å². The molecular formula is C18H14Cl2N4O. The average Bonchev–Trinajstić information content (AvgIpc) is 2.61. The number of hydrogen-bond donors (Lipinski definition) is 2. The topological polar surface area (TPSA) is 66.9 Å². The third-order valence-corrected chi connectivity index (χ3v) is 3.84. The average molecular weight is 373 g/mol. The van der Waals surface area contributed by atoms with Gasteiger partial charge in [0.25, 0.3) is 5.91 Å². The first-order valence-electron chi connectivity index (χ1n) is 7.48. The molecule has 1 amide bonds. The predicted molar refractivity (Wildman–Crippen MR) is 100 cm³/mol. The summed E-state index contributed by atoms with van der Waals surface area (Å²) in [6.07, 6.45) is 3.41. The molecule has 0 aliphatic carbocycles. The number of nitrogens with zero attached hydrogens (tertiary/aromatic N) is 2. The van der Waals surface area contributed by atoms with Gasteiger partial charge in [-0.3, -0.25) is 9.78 Å². The molecule has 0 fully saturated rings. The highest BCUT2D eigenvalue weighted by Crippen LogP contribution is 2.20. The molecule has 2 aromatic heterocycles. The summed E-state index contributed by atoms with van der Waals surface area (Å²) in [4.78, 5) is 20.8. The van der Waals surface area contributed by atoms with Gasteiger partial charge in [0, 0.05) is 29.6 Å². The van der Waals surface area contributed by atoms with Gasteiger partial charge in [0.05, 0.1) is 5.56 Å². The van der Waals surface area contributed by atoms with Crippen LogP contribution in [-0.2, 0) is 6.54 Å². The maximum absolute atomic E-state index is 12.6. The normalized spacial score (nSPS) is 10.3. The quantitative estimate of drug-likeness (QED) is 0.639. The van der Waals surface area contributed by atoms with E-state index in [4.69, 9.17) is 23.2 Å². The van der Waals surface area contributed by atoms with Gasteiger partial charge in [0.2, 0.25) is 0 Å². The summed E-state index contributed by atoms with van der Waals surface area (Å²) < 4.78 is 0. The van der Waals surface area contributed by atoms with Crippen molar-refractivity contribution in [3.05, 3.63) is 82.2 Å². The molecule has 0 atom stereocenters. The van der Waals surface area contributed by atoms with Crippen molar-refractivity contribution < 1.29 is 4.79 Å². The van der Waals surface area contributed by atoms with Gasteiger partial charge in [-0.1, -0.05) is 29.3 Å². The predicted octanol–water partition coefficient (Wildman–Crippen LogP) is 4.65. The van der Waals surface area contributed by atoms with Crippen LogP contribution < -0.4 is 10.6 Å². The van der Waals surface area contributed by atoms with Crippen LogP contribution in [0, 0.1) is 0 Å². The van der Waals surface area contributed by atoms with Crippen LogP contribution in [-0.4, -0.2) is 15.9 Å². The van der Waals surface area contributed by atoms with Crippen molar-refractivity contribution in [1.82, 2.24) is 9.97 Å². The van der Waals surface area contributed by atoms with E-state index in [9.17, 15) is 4.79 Å². The van der Waals surface area contributed by atoms with Crippen molar-refractivity contribution in [3.63, 3.8) is 0 Å². The molecule has 0 unspecified atom stereocenters. The Balaban J connectivity index is 1.79. The zero-order valence-corrected chi connectivity index (χ0v) is 14.6. The molecule has 0 saturated carbocycles. The van der Waals surface area contributed by atoms with E-state index in [1.807, 2.05) is 12.1 Å². The largest absolute Gasteiger partial charge is 0.365 e.